The van der Waals surface area contributed by atoms with E-state index >= 15 is 0 Å². The van der Waals surface area contributed by atoms with Gasteiger partial charge in [-0.1, -0.05) is 32.9 Å². The van der Waals surface area contributed by atoms with Crippen molar-refractivity contribution in [1.29, 1.82) is 5.26 Å². The van der Waals surface area contributed by atoms with Gasteiger partial charge in [0.2, 0.25) is 0 Å². The molecule has 0 radical (unpaired) electrons. The summed E-state index contributed by atoms with van der Waals surface area (Å²) < 4.78 is 2.04. The van der Waals surface area contributed by atoms with E-state index in [9.17, 15) is 5.26 Å². The van der Waals surface area contributed by atoms with E-state index in [4.69, 9.17) is 0 Å². The number of nitriles is 1. The van der Waals surface area contributed by atoms with Crippen LogP contribution in [0.1, 0.15) is 50.4 Å². The highest BCUT2D eigenvalue weighted by Gasteiger charge is 2.23. The third-order valence-electron chi connectivity index (χ3n) is 4.42. The van der Waals surface area contributed by atoms with Crippen LogP contribution in [0.4, 0.5) is 0 Å². The molecule has 110 valence electrons. The van der Waals surface area contributed by atoms with Crippen LogP contribution in [-0.4, -0.2) is 10.6 Å². The van der Waals surface area contributed by atoms with Gasteiger partial charge in [0.15, 0.2) is 0 Å². The predicted molar refractivity (Wildman–Crippen MR) is 86.2 cm³/mol. The Morgan fingerprint density at radius 3 is 2.62 bits per heavy atom. The Labute approximate surface area is 126 Å². The fourth-order valence-electron chi connectivity index (χ4n) is 2.84. The monoisotopic (exact) mass is 281 g/mol. The van der Waals surface area contributed by atoms with Gasteiger partial charge in [-0.15, -0.1) is 0 Å². The van der Waals surface area contributed by atoms with Crippen LogP contribution >= 0.6 is 0 Å². The highest BCUT2D eigenvalue weighted by Crippen LogP contribution is 2.31. The molecule has 1 fully saturated rings. The van der Waals surface area contributed by atoms with Crippen LogP contribution < -0.4 is 5.32 Å². The lowest BCUT2D eigenvalue weighted by Gasteiger charge is -2.19. The Morgan fingerprint density at radius 1 is 1.33 bits per heavy atom. The van der Waals surface area contributed by atoms with Crippen molar-refractivity contribution in [3.8, 4) is 6.07 Å². The fourth-order valence-corrected chi connectivity index (χ4v) is 2.84. The summed E-state index contributed by atoms with van der Waals surface area (Å²) in [5.41, 5.74) is 4.51. The Kier molecular flexibility index (Phi) is 3.30. The van der Waals surface area contributed by atoms with Crippen molar-refractivity contribution in [3.05, 3.63) is 35.0 Å². The number of aromatic nitrogens is 1. The molecule has 3 nitrogen and oxygen atoms in total. The number of aryl methyl sites for hydroxylation is 1. The SMILES string of the molecule is Cn1c(C#N)c(CNC2CC2)c2ccc(C(C)(C)C)cc21. The topological polar surface area (TPSA) is 40.8 Å². The zero-order valence-corrected chi connectivity index (χ0v) is 13.3. The number of hydrogen-bond donors (Lipinski definition) is 1. The molecule has 2 aromatic rings. The maximum atomic E-state index is 9.51. The third-order valence-corrected chi connectivity index (χ3v) is 4.42. The van der Waals surface area contributed by atoms with Crippen molar-refractivity contribution in [2.24, 2.45) is 7.05 Å². The molecule has 1 saturated carbocycles. The molecule has 1 aromatic carbocycles. The normalized spacial score (nSPS) is 15.4. The zero-order valence-electron chi connectivity index (χ0n) is 13.3. The lowest BCUT2D eigenvalue weighted by Crippen LogP contribution is -2.16. The maximum Gasteiger partial charge on any atom is 0.125 e. The standard InChI is InChI=1S/C18H23N3/c1-18(2,3)12-5-8-14-15(11-20-13-6-7-13)17(10-19)21(4)16(14)9-12/h5,8-9,13,20H,6-7,11H2,1-4H3. The molecule has 0 bridgehead atoms. The molecule has 1 heterocycles. The first-order valence-corrected chi connectivity index (χ1v) is 7.67. The second kappa shape index (κ2) is 4.89. The van der Waals surface area contributed by atoms with E-state index in [1.54, 1.807) is 0 Å². The van der Waals surface area contributed by atoms with Crippen LogP contribution in [0, 0.1) is 11.3 Å². The third kappa shape index (κ3) is 2.56. The van der Waals surface area contributed by atoms with Crippen LogP contribution in [-0.2, 0) is 19.0 Å². The molecule has 3 heteroatoms. The molecule has 1 aromatic heterocycles. The minimum absolute atomic E-state index is 0.123. The summed E-state index contributed by atoms with van der Waals surface area (Å²) in [6.45, 7) is 7.45. The number of fused-ring (bicyclic) bond motifs is 1. The van der Waals surface area contributed by atoms with Crippen molar-refractivity contribution < 1.29 is 0 Å². The Balaban J connectivity index is 2.11. The molecule has 0 spiro atoms. The first-order valence-electron chi connectivity index (χ1n) is 7.67. The van der Waals surface area contributed by atoms with Gasteiger partial charge in [-0.2, -0.15) is 5.26 Å². The number of nitrogens with one attached hydrogen (secondary N) is 1. The second-order valence-corrected chi connectivity index (χ2v) is 7.14. The molecule has 0 aliphatic heterocycles. The van der Waals surface area contributed by atoms with E-state index in [-0.39, 0.29) is 5.41 Å². The van der Waals surface area contributed by atoms with Crippen LogP contribution in [0.5, 0.6) is 0 Å². The minimum atomic E-state index is 0.123. The molecule has 0 saturated heterocycles. The minimum Gasteiger partial charge on any atom is -0.335 e. The molecule has 1 aliphatic carbocycles. The summed E-state index contributed by atoms with van der Waals surface area (Å²) in [6, 6.07) is 9.64. The summed E-state index contributed by atoms with van der Waals surface area (Å²) in [5, 5.41) is 14.2. The first-order chi connectivity index (χ1) is 9.91. The van der Waals surface area contributed by atoms with Crippen molar-refractivity contribution in [2.75, 3.05) is 0 Å². The summed E-state index contributed by atoms with van der Waals surface area (Å²) >= 11 is 0. The number of rotatable bonds is 3. The highest BCUT2D eigenvalue weighted by molar-refractivity contribution is 5.87. The second-order valence-electron chi connectivity index (χ2n) is 7.14. The van der Waals surface area contributed by atoms with Crippen LogP contribution in [0.15, 0.2) is 18.2 Å². The van der Waals surface area contributed by atoms with Gasteiger partial charge >= 0.3 is 0 Å². The summed E-state index contributed by atoms with van der Waals surface area (Å²) in [4.78, 5) is 0. The van der Waals surface area contributed by atoms with Gasteiger partial charge in [-0.25, -0.2) is 0 Å². The smallest absolute Gasteiger partial charge is 0.125 e. The predicted octanol–water partition coefficient (Wildman–Crippen LogP) is 3.60. The van der Waals surface area contributed by atoms with Gasteiger partial charge in [-0.3, -0.25) is 0 Å². The largest absolute Gasteiger partial charge is 0.335 e. The quantitative estimate of drug-likeness (QED) is 0.934. The van der Waals surface area contributed by atoms with Crippen molar-refractivity contribution >= 4 is 10.9 Å². The highest BCUT2D eigenvalue weighted by atomic mass is 15.0. The van der Waals surface area contributed by atoms with Crippen LogP contribution in [0.2, 0.25) is 0 Å². The first kappa shape index (κ1) is 14.2. The molecular formula is C18H23N3. The van der Waals surface area contributed by atoms with Gasteiger partial charge in [0.1, 0.15) is 11.8 Å². The van der Waals surface area contributed by atoms with E-state index in [1.165, 1.54) is 23.8 Å². The average molecular weight is 281 g/mol. The average Bonchev–Trinajstić information content (AvgIpc) is 3.21. The van der Waals surface area contributed by atoms with E-state index in [2.05, 4.69) is 50.4 Å². The maximum absolute atomic E-state index is 9.51. The van der Waals surface area contributed by atoms with Gasteiger partial charge < -0.3 is 9.88 Å². The molecule has 1 aliphatic rings. The molecule has 0 amide bonds. The molecule has 3 rings (SSSR count). The van der Waals surface area contributed by atoms with Crippen molar-refractivity contribution in [2.45, 2.75) is 51.6 Å². The Bertz CT molecular complexity index is 721. The summed E-state index contributed by atoms with van der Waals surface area (Å²) in [5.74, 6) is 0. The summed E-state index contributed by atoms with van der Waals surface area (Å²) in [6.07, 6.45) is 2.53. The van der Waals surface area contributed by atoms with E-state index in [1.807, 2.05) is 11.6 Å². The Morgan fingerprint density at radius 2 is 2.05 bits per heavy atom. The van der Waals surface area contributed by atoms with Gasteiger partial charge in [-0.05, 0) is 29.9 Å². The molecule has 0 unspecified atom stereocenters. The Hall–Kier alpha value is -1.79. The fraction of sp³-hybridized carbons (Fsp3) is 0.500. The van der Waals surface area contributed by atoms with E-state index in [0.717, 1.165) is 23.3 Å². The number of benzene rings is 1. The van der Waals surface area contributed by atoms with Gasteiger partial charge in [0, 0.05) is 36.1 Å². The molecule has 0 atom stereocenters. The zero-order chi connectivity index (χ0) is 15.2. The van der Waals surface area contributed by atoms with Crippen LogP contribution in [0.3, 0.4) is 0 Å². The molecule has 21 heavy (non-hydrogen) atoms. The summed E-state index contributed by atoms with van der Waals surface area (Å²) in [7, 11) is 1.99. The van der Waals surface area contributed by atoms with E-state index < -0.39 is 0 Å². The number of hydrogen-bond acceptors (Lipinski definition) is 2. The number of nitrogens with zero attached hydrogens (tertiary/aromatic N) is 2. The lowest BCUT2D eigenvalue weighted by atomic mass is 9.86. The molecule has 1 N–H and O–H groups in total. The van der Waals surface area contributed by atoms with Crippen molar-refractivity contribution in [1.82, 2.24) is 9.88 Å². The van der Waals surface area contributed by atoms with Crippen LogP contribution in [0.25, 0.3) is 10.9 Å². The van der Waals surface area contributed by atoms with Crippen molar-refractivity contribution in [3.63, 3.8) is 0 Å². The molecular weight excluding hydrogens is 258 g/mol. The van der Waals surface area contributed by atoms with Gasteiger partial charge in [0.05, 0.1) is 0 Å². The van der Waals surface area contributed by atoms with E-state index in [0.29, 0.717) is 6.04 Å². The van der Waals surface area contributed by atoms with Gasteiger partial charge in [0.25, 0.3) is 0 Å². The lowest BCUT2D eigenvalue weighted by molar-refractivity contribution is 0.591.